The number of benzene rings is 1. The topological polar surface area (TPSA) is 105 Å². The third kappa shape index (κ3) is 5.06. The van der Waals surface area contributed by atoms with Gasteiger partial charge in [0, 0.05) is 43.2 Å². The Morgan fingerprint density at radius 1 is 1.22 bits per heavy atom. The van der Waals surface area contributed by atoms with Crippen molar-refractivity contribution in [2.75, 3.05) is 31.6 Å². The second-order valence-electron chi connectivity index (χ2n) is 10.9. The van der Waals surface area contributed by atoms with Gasteiger partial charge < -0.3 is 19.6 Å². The number of fused-ring (bicyclic) bond motifs is 1. The Hall–Kier alpha value is -3.79. The highest BCUT2D eigenvalue weighted by molar-refractivity contribution is 5.90. The number of carbonyl (C=O) groups is 1. The van der Waals surface area contributed by atoms with E-state index in [0.29, 0.717) is 18.5 Å². The standard InChI is InChI=1S/C27H34N8O2/c1-17-11-19(7-8-20(17)13-28-25(36)24-31-26(37-32-24)27(3,4)5)23-22-12-21(15-35(22)30-16-29-23)34-10-9-33(6)14-18(34)2/h7-8,11-12,15-16,18H,9-10,13-14H2,1-6H3,(H,28,36). The number of aryl methyl sites for hydroxylation is 1. The van der Waals surface area contributed by atoms with Crippen LogP contribution >= 0.6 is 0 Å². The summed E-state index contributed by atoms with van der Waals surface area (Å²) in [6.07, 6.45) is 3.68. The van der Waals surface area contributed by atoms with Crippen LogP contribution in [0.3, 0.4) is 0 Å². The van der Waals surface area contributed by atoms with Crippen LogP contribution in [0, 0.1) is 6.92 Å². The highest BCUT2D eigenvalue weighted by atomic mass is 16.5. The number of amides is 1. The fourth-order valence-corrected chi connectivity index (χ4v) is 4.74. The molecule has 1 amide bonds. The summed E-state index contributed by atoms with van der Waals surface area (Å²) in [7, 11) is 2.17. The van der Waals surface area contributed by atoms with Gasteiger partial charge >= 0.3 is 0 Å². The molecule has 0 spiro atoms. The van der Waals surface area contributed by atoms with E-state index in [9.17, 15) is 4.79 Å². The molecule has 1 atom stereocenters. The zero-order valence-electron chi connectivity index (χ0n) is 22.3. The van der Waals surface area contributed by atoms with Crippen molar-refractivity contribution in [2.24, 2.45) is 0 Å². The molecule has 1 aliphatic heterocycles. The molecule has 3 aromatic heterocycles. The first kappa shape index (κ1) is 24.9. The number of hydrogen-bond acceptors (Lipinski definition) is 8. The molecular formula is C27H34N8O2. The molecule has 1 fully saturated rings. The van der Waals surface area contributed by atoms with Gasteiger partial charge in [0.05, 0.1) is 23.1 Å². The van der Waals surface area contributed by atoms with Gasteiger partial charge in [0.1, 0.15) is 6.33 Å². The van der Waals surface area contributed by atoms with E-state index < -0.39 is 0 Å². The van der Waals surface area contributed by atoms with E-state index in [4.69, 9.17) is 4.52 Å². The van der Waals surface area contributed by atoms with E-state index in [1.807, 2.05) is 44.3 Å². The second-order valence-corrected chi connectivity index (χ2v) is 10.9. The third-order valence-corrected chi connectivity index (χ3v) is 6.88. The predicted molar refractivity (Wildman–Crippen MR) is 142 cm³/mol. The van der Waals surface area contributed by atoms with Crippen molar-refractivity contribution in [1.29, 1.82) is 0 Å². The quantitative estimate of drug-likeness (QED) is 0.443. The number of anilines is 1. The maximum absolute atomic E-state index is 12.6. The van der Waals surface area contributed by atoms with Crippen LogP contribution in [0.25, 0.3) is 16.8 Å². The SMILES string of the molecule is Cc1cc(-c2ncnn3cc(N4CCN(C)CC4C)cc23)ccc1CNC(=O)c1noc(C(C)(C)C)n1. The summed E-state index contributed by atoms with van der Waals surface area (Å²) in [6, 6.07) is 8.76. The van der Waals surface area contributed by atoms with E-state index in [2.05, 4.69) is 67.6 Å². The van der Waals surface area contributed by atoms with Crippen LogP contribution < -0.4 is 10.2 Å². The molecule has 194 valence electrons. The van der Waals surface area contributed by atoms with Crippen molar-refractivity contribution in [3.05, 3.63) is 59.6 Å². The number of aromatic nitrogens is 5. The lowest BCUT2D eigenvalue weighted by Crippen LogP contribution is -2.50. The van der Waals surface area contributed by atoms with Crippen LogP contribution in [0.1, 0.15) is 55.3 Å². The van der Waals surface area contributed by atoms with Crippen LogP contribution in [0.4, 0.5) is 5.69 Å². The Kier molecular flexibility index (Phi) is 6.45. The number of piperazine rings is 1. The number of hydrogen-bond donors (Lipinski definition) is 1. The molecule has 1 N–H and O–H groups in total. The van der Waals surface area contributed by atoms with E-state index in [0.717, 1.165) is 53.2 Å². The summed E-state index contributed by atoms with van der Waals surface area (Å²) in [6.45, 7) is 13.6. The van der Waals surface area contributed by atoms with Gasteiger partial charge in [-0.25, -0.2) is 9.50 Å². The minimum Gasteiger partial charge on any atom is -0.365 e. The monoisotopic (exact) mass is 502 g/mol. The molecule has 1 saturated heterocycles. The fraction of sp³-hybridized carbons (Fsp3) is 0.444. The van der Waals surface area contributed by atoms with Crippen LogP contribution in [0.2, 0.25) is 0 Å². The zero-order valence-corrected chi connectivity index (χ0v) is 22.3. The largest absolute Gasteiger partial charge is 0.365 e. The van der Waals surface area contributed by atoms with Crippen LogP contribution in [0.5, 0.6) is 0 Å². The summed E-state index contributed by atoms with van der Waals surface area (Å²) in [5.74, 6) is 0.116. The number of nitrogens with one attached hydrogen (secondary N) is 1. The first-order valence-electron chi connectivity index (χ1n) is 12.6. The average Bonchev–Trinajstić information content (AvgIpc) is 3.50. The molecule has 4 heterocycles. The second kappa shape index (κ2) is 9.59. The fourth-order valence-electron chi connectivity index (χ4n) is 4.74. The molecule has 0 bridgehead atoms. The summed E-state index contributed by atoms with van der Waals surface area (Å²) >= 11 is 0. The van der Waals surface area contributed by atoms with E-state index in [-0.39, 0.29) is 17.1 Å². The number of likely N-dealkylation sites (N-methyl/N-ethyl adjacent to an activating group) is 1. The van der Waals surface area contributed by atoms with Crippen molar-refractivity contribution >= 4 is 17.1 Å². The van der Waals surface area contributed by atoms with E-state index >= 15 is 0 Å². The van der Waals surface area contributed by atoms with Gasteiger partial charge in [-0.05, 0) is 44.2 Å². The Balaban J connectivity index is 1.33. The van der Waals surface area contributed by atoms with E-state index in [1.54, 1.807) is 6.33 Å². The number of rotatable bonds is 5. The summed E-state index contributed by atoms with van der Waals surface area (Å²) < 4.78 is 7.14. The number of nitrogens with zero attached hydrogens (tertiary/aromatic N) is 7. The highest BCUT2D eigenvalue weighted by Crippen LogP contribution is 2.29. The van der Waals surface area contributed by atoms with Crippen molar-refractivity contribution in [2.45, 2.75) is 52.6 Å². The van der Waals surface area contributed by atoms with Gasteiger partial charge in [0.15, 0.2) is 0 Å². The van der Waals surface area contributed by atoms with Gasteiger partial charge in [-0.15, -0.1) is 0 Å². The van der Waals surface area contributed by atoms with Gasteiger partial charge in [-0.2, -0.15) is 10.1 Å². The molecule has 0 radical (unpaired) electrons. The number of carbonyl (C=O) groups excluding carboxylic acids is 1. The molecule has 0 saturated carbocycles. The molecule has 1 aromatic carbocycles. The predicted octanol–water partition coefficient (Wildman–Crippen LogP) is 3.46. The van der Waals surface area contributed by atoms with Crippen molar-refractivity contribution in [3.63, 3.8) is 0 Å². The van der Waals surface area contributed by atoms with Crippen LogP contribution in [0.15, 0.2) is 41.3 Å². The minimum absolute atomic E-state index is 0.0429. The lowest BCUT2D eigenvalue weighted by Gasteiger charge is -2.39. The van der Waals surface area contributed by atoms with Gasteiger partial charge in [-0.1, -0.05) is 38.1 Å². The smallest absolute Gasteiger partial charge is 0.292 e. The van der Waals surface area contributed by atoms with Crippen molar-refractivity contribution < 1.29 is 9.32 Å². The highest BCUT2D eigenvalue weighted by Gasteiger charge is 2.25. The maximum Gasteiger partial charge on any atom is 0.292 e. The molecule has 37 heavy (non-hydrogen) atoms. The Morgan fingerprint density at radius 2 is 2.03 bits per heavy atom. The molecule has 5 rings (SSSR count). The van der Waals surface area contributed by atoms with Gasteiger partial charge in [0.25, 0.3) is 11.7 Å². The lowest BCUT2D eigenvalue weighted by atomic mass is 9.97. The normalized spacial score (nSPS) is 16.9. The Bertz CT molecular complexity index is 1430. The van der Waals surface area contributed by atoms with Crippen LogP contribution in [-0.2, 0) is 12.0 Å². The molecule has 10 heteroatoms. The molecule has 1 unspecified atom stereocenters. The minimum atomic E-state index is -0.362. The van der Waals surface area contributed by atoms with Gasteiger partial charge in [0.2, 0.25) is 5.89 Å². The molecule has 10 nitrogen and oxygen atoms in total. The zero-order chi connectivity index (χ0) is 26.3. The molecule has 0 aliphatic carbocycles. The maximum atomic E-state index is 12.6. The van der Waals surface area contributed by atoms with Crippen molar-refractivity contribution in [3.8, 4) is 11.3 Å². The lowest BCUT2D eigenvalue weighted by molar-refractivity contribution is 0.0937. The van der Waals surface area contributed by atoms with E-state index in [1.165, 1.54) is 0 Å². The first-order chi connectivity index (χ1) is 17.6. The summed E-state index contributed by atoms with van der Waals surface area (Å²) in [4.78, 5) is 26.2. The molecule has 1 aliphatic rings. The first-order valence-corrected chi connectivity index (χ1v) is 12.6. The van der Waals surface area contributed by atoms with Crippen LogP contribution in [-0.4, -0.2) is 68.3 Å². The molecule has 4 aromatic rings. The molecular weight excluding hydrogens is 468 g/mol. The summed E-state index contributed by atoms with van der Waals surface area (Å²) in [5, 5.41) is 11.2. The summed E-state index contributed by atoms with van der Waals surface area (Å²) in [5.41, 5.74) is 5.76. The Morgan fingerprint density at radius 3 is 2.73 bits per heavy atom. The average molecular weight is 503 g/mol. The van der Waals surface area contributed by atoms with Gasteiger partial charge in [-0.3, -0.25) is 4.79 Å². The Labute approximate surface area is 216 Å². The third-order valence-electron chi connectivity index (χ3n) is 6.88. The van der Waals surface area contributed by atoms with Crippen molar-refractivity contribution in [1.82, 2.24) is 35.0 Å².